The van der Waals surface area contributed by atoms with E-state index in [2.05, 4.69) is 15.9 Å². The van der Waals surface area contributed by atoms with Crippen LogP contribution >= 0.6 is 15.9 Å². The molecule has 21 heavy (non-hydrogen) atoms. The Bertz CT molecular complexity index is 717. The molecule has 0 radical (unpaired) electrons. The van der Waals surface area contributed by atoms with Crippen LogP contribution < -0.4 is 4.90 Å². The number of carboxylic acids is 1. The van der Waals surface area contributed by atoms with Gasteiger partial charge in [-0.05, 0) is 36.2 Å². The van der Waals surface area contributed by atoms with Crippen LogP contribution in [0.3, 0.4) is 0 Å². The monoisotopic (exact) mass is 349 g/mol. The van der Waals surface area contributed by atoms with Crippen molar-refractivity contribution in [3.8, 4) is 0 Å². The molecule has 108 valence electrons. The van der Waals surface area contributed by atoms with Gasteiger partial charge in [-0.1, -0.05) is 28.1 Å². The molecule has 0 bridgehead atoms. The molecular formula is C16H13BrFNO2. The largest absolute Gasteiger partial charge is 0.478 e. The molecule has 1 N–H and O–H groups in total. The van der Waals surface area contributed by atoms with Gasteiger partial charge in [-0.2, -0.15) is 0 Å². The molecule has 0 atom stereocenters. The van der Waals surface area contributed by atoms with Crippen LogP contribution in [0.1, 0.15) is 21.5 Å². The standard InChI is InChI=1S/C16H13BrFNO2/c17-13-4-3-12(14(18)8-13)9-19-6-5-10-1-2-11(16(20)21)7-15(10)19/h1-4,7-8H,5-6,9H2,(H,20,21). The highest BCUT2D eigenvalue weighted by Gasteiger charge is 2.21. The van der Waals surface area contributed by atoms with Crippen molar-refractivity contribution >= 4 is 27.6 Å². The Morgan fingerprint density at radius 1 is 1.29 bits per heavy atom. The topological polar surface area (TPSA) is 40.5 Å². The maximum Gasteiger partial charge on any atom is 0.335 e. The van der Waals surface area contributed by atoms with E-state index < -0.39 is 5.97 Å². The van der Waals surface area contributed by atoms with Crippen molar-refractivity contribution in [3.05, 3.63) is 63.4 Å². The summed E-state index contributed by atoms with van der Waals surface area (Å²) in [5, 5.41) is 9.08. The van der Waals surface area contributed by atoms with Gasteiger partial charge in [0.1, 0.15) is 5.82 Å². The molecule has 0 spiro atoms. The van der Waals surface area contributed by atoms with Crippen LogP contribution in [-0.2, 0) is 13.0 Å². The Labute approximate surface area is 130 Å². The number of anilines is 1. The first kappa shape index (κ1) is 14.1. The summed E-state index contributed by atoms with van der Waals surface area (Å²) in [6.07, 6.45) is 0.855. The van der Waals surface area contributed by atoms with Gasteiger partial charge in [-0.3, -0.25) is 0 Å². The fraction of sp³-hybridized carbons (Fsp3) is 0.188. The summed E-state index contributed by atoms with van der Waals surface area (Å²) < 4.78 is 14.6. The Morgan fingerprint density at radius 2 is 2.10 bits per heavy atom. The molecule has 5 heteroatoms. The molecule has 0 unspecified atom stereocenters. The molecule has 1 heterocycles. The Kier molecular flexibility index (Phi) is 3.68. The van der Waals surface area contributed by atoms with Gasteiger partial charge < -0.3 is 10.0 Å². The van der Waals surface area contributed by atoms with E-state index in [9.17, 15) is 9.18 Å². The summed E-state index contributed by atoms with van der Waals surface area (Å²) in [6.45, 7) is 1.21. The van der Waals surface area contributed by atoms with E-state index in [0.717, 1.165) is 24.2 Å². The number of rotatable bonds is 3. The molecule has 0 aliphatic carbocycles. The summed E-state index contributed by atoms with van der Waals surface area (Å²) in [4.78, 5) is 13.1. The molecule has 2 aromatic rings. The van der Waals surface area contributed by atoms with E-state index in [1.165, 1.54) is 6.07 Å². The van der Waals surface area contributed by atoms with Crippen LogP contribution in [0.15, 0.2) is 40.9 Å². The Morgan fingerprint density at radius 3 is 2.81 bits per heavy atom. The lowest BCUT2D eigenvalue weighted by Crippen LogP contribution is -2.20. The van der Waals surface area contributed by atoms with Crippen molar-refractivity contribution in [3.63, 3.8) is 0 Å². The fourth-order valence-electron chi connectivity index (χ4n) is 2.60. The smallest absolute Gasteiger partial charge is 0.335 e. The highest BCUT2D eigenvalue weighted by Crippen LogP contribution is 2.31. The first-order valence-electron chi connectivity index (χ1n) is 6.59. The molecule has 0 aromatic heterocycles. The second-order valence-corrected chi connectivity index (χ2v) is 5.97. The number of hydrogen-bond acceptors (Lipinski definition) is 2. The normalized spacial score (nSPS) is 13.3. The van der Waals surface area contributed by atoms with Crippen LogP contribution in [-0.4, -0.2) is 17.6 Å². The highest BCUT2D eigenvalue weighted by molar-refractivity contribution is 9.10. The van der Waals surface area contributed by atoms with Gasteiger partial charge in [0, 0.05) is 28.8 Å². The van der Waals surface area contributed by atoms with E-state index in [4.69, 9.17) is 5.11 Å². The van der Waals surface area contributed by atoms with Crippen molar-refractivity contribution in [1.29, 1.82) is 0 Å². The third-order valence-electron chi connectivity index (χ3n) is 3.70. The Balaban J connectivity index is 1.90. The molecule has 0 saturated carbocycles. The molecule has 2 aromatic carbocycles. The van der Waals surface area contributed by atoms with Crippen LogP contribution in [0.5, 0.6) is 0 Å². The molecule has 3 nitrogen and oxygen atoms in total. The maximum absolute atomic E-state index is 13.9. The number of carboxylic acid groups (broad SMARTS) is 1. The zero-order valence-electron chi connectivity index (χ0n) is 11.1. The van der Waals surface area contributed by atoms with Crippen molar-refractivity contribution in [2.75, 3.05) is 11.4 Å². The van der Waals surface area contributed by atoms with Gasteiger partial charge in [0.2, 0.25) is 0 Å². The van der Waals surface area contributed by atoms with E-state index in [1.54, 1.807) is 18.2 Å². The van der Waals surface area contributed by atoms with Crippen molar-refractivity contribution in [2.45, 2.75) is 13.0 Å². The first-order chi connectivity index (χ1) is 10.0. The van der Waals surface area contributed by atoms with Gasteiger partial charge in [0.25, 0.3) is 0 Å². The lowest BCUT2D eigenvalue weighted by atomic mass is 10.1. The van der Waals surface area contributed by atoms with E-state index >= 15 is 0 Å². The lowest BCUT2D eigenvalue weighted by molar-refractivity contribution is 0.0697. The molecule has 1 aliphatic heterocycles. The average molecular weight is 350 g/mol. The molecule has 0 amide bonds. The van der Waals surface area contributed by atoms with Gasteiger partial charge in [0.05, 0.1) is 5.56 Å². The van der Waals surface area contributed by atoms with E-state index in [-0.39, 0.29) is 11.4 Å². The molecule has 0 saturated heterocycles. The lowest BCUT2D eigenvalue weighted by Gasteiger charge is -2.20. The van der Waals surface area contributed by atoms with E-state index in [1.807, 2.05) is 17.0 Å². The number of hydrogen-bond donors (Lipinski definition) is 1. The number of aromatic carboxylic acids is 1. The minimum atomic E-state index is -0.945. The van der Waals surface area contributed by atoms with Crippen molar-refractivity contribution in [1.82, 2.24) is 0 Å². The highest BCUT2D eigenvalue weighted by atomic mass is 79.9. The predicted molar refractivity (Wildman–Crippen MR) is 82.3 cm³/mol. The van der Waals surface area contributed by atoms with Gasteiger partial charge in [-0.15, -0.1) is 0 Å². The minimum absolute atomic E-state index is 0.257. The van der Waals surface area contributed by atoms with Crippen LogP contribution in [0.2, 0.25) is 0 Å². The van der Waals surface area contributed by atoms with Crippen LogP contribution in [0.25, 0.3) is 0 Å². The van der Waals surface area contributed by atoms with E-state index in [0.29, 0.717) is 16.6 Å². The zero-order chi connectivity index (χ0) is 15.0. The number of fused-ring (bicyclic) bond motifs is 1. The number of halogens is 2. The number of nitrogens with zero attached hydrogens (tertiary/aromatic N) is 1. The zero-order valence-corrected chi connectivity index (χ0v) is 12.7. The molecule has 1 aliphatic rings. The summed E-state index contributed by atoms with van der Waals surface area (Å²) in [7, 11) is 0. The maximum atomic E-state index is 13.9. The second-order valence-electron chi connectivity index (χ2n) is 5.06. The van der Waals surface area contributed by atoms with Crippen molar-refractivity contribution in [2.24, 2.45) is 0 Å². The van der Waals surface area contributed by atoms with Crippen LogP contribution in [0, 0.1) is 5.82 Å². The summed E-state index contributed by atoms with van der Waals surface area (Å²) in [5.74, 6) is -1.20. The second kappa shape index (κ2) is 5.48. The summed E-state index contributed by atoms with van der Waals surface area (Å²) >= 11 is 3.24. The van der Waals surface area contributed by atoms with Crippen molar-refractivity contribution < 1.29 is 14.3 Å². The van der Waals surface area contributed by atoms with Gasteiger partial charge in [0.15, 0.2) is 0 Å². The van der Waals surface area contributed by atoms with Gasteiger partial charge >= 0.3 is 5.97 Å². The third-order valence-corrected chi connectivity index (χ3v) is 4.19. The Hall–Kier alpha value is -1.88. The fourth-order valence-corrected chi connectivity index (χ4v) is 2.93. The van der Waals surface area contributed by atoms with Gasteiger partial charge in [-0.25, -0.2) is 9.18 Å². The number of benzene rings is 2. The first-order valence-corrected chi connectivity index (χ1v) is 7.39. The quantitative estimate of drug-likeness (QED) is 0.914. The molecule has 3 rings (SSSR count). The average Bonchev–Trinajstić information content (AvgIpc) is 2.84. The molecule has 0 fully saturated rings. The van der Waals surface area contributed by atoms with Crippen LogP contribution in [0.4, 0.5) is 10.1 Å². The summed E-state index contributed by atoms with van der Waals surface area (Å²) in [5.41, 5.74) is 2.86. The minimum Gasteiger partial charge on any atom is -0.478 e. The number of carbonyl (C=O) groups is 1. The summed E-state index contributed by atoms with van der Waals surface area (Å²) in [6, 6.07) is 10.1. The third kappa shape index (κ3) is 2.78. The molecular weight excluding hydrogens is 337 g/mol. The SMILES string of the molecule is O=C(O)c1ccc2c(c1)N(Cc1ccc(Br)cc1F)CC2. The predicted octanol–water partition coefficient (Wildman–Crippen LogP) is 3.85.